The van der Waals surface area contributed by atoms with Gasteiger partial charge >= 0.3 is 12.1 Å². The van der Waals surface area contributed by atoms with Crippen LogP contribution in [0.15, 0.2) is 127 Å². The number of aliphatic hydroxyl groups is 2. The van der Waals surface area contributed by atoms with Crippen LogP contribution in [0.4, 0.5) is 4.79 Å². The highest BCUT2D eigenvalue weighted by Crippen LogP contribution is 2.51. The van der Waals surface area contributed by atoms with Gasteiger partial charge < -0.3 is 70.2 Å². The minimum Gasteiger partial charge on any atom is -0.497 e. The number of aldehydes is 1. The number of methoxy groups -OCH3 is 3. The van der Waals surface area contributed by atoms with Crippen molar-refractivity contribution >= 4 is 204 Å². The minimum absolute atomic E-state index is 0. The van der Waals surface area contributed by atoms with Gasteiger partial charge in [0.2, 0.25) is 0 Å². The Morgan fingerprint density at radius 1 is 0.547 bits per heavy atom. The van der Waals surface area contributed by atoms with Gasteiger partial charge in [-0.25, -0.2) is 9.59 Å². The lowest BCUT2D eigenvalue weighted by atomic mass is 10.0. The molecule has 5 saturated carbocycles. The molecule has 10 aromatic rings. The molecule has 5 aliphatic carbocycles. The van der Waals surface area contributed by atoms with Gasteiger partial charge in [-0.1, -0.05) is 214 Å². The third kappa shape index (κ3) is 29.1. The normalized spacial score (nSPS) is 15.5. The lowest BCUT2D eigenvalue weighted by molar-refractivity contribution is -0.126. The fraction of sp³-hybridized carbons (Fsp3) is 0.352. The molecule has 128 heavy (non-hydrogen) atoms. The van der Waals surface area contributed by atoms with Crippen LogP contribution in [0.5, 0.6) is 17.2 Å². The molecule has 4 N–H and O–H groups in total. The lowest BCUT2D eigenvalue weighted by Crippen LogP contribution is -2.41. The quantitative estimate of drug-likeness (QED) is 0.00759. The maximum absolute atomic E-state index is 12.4. The molecule has 1 amide bonds. The Hall–Kier alpha value is -7.76. The summed E-state index contributed by atoms with van der Waals surface area (Å²) in [4.78, 5) is 57.6. The Morgan fingerprint density at radius 3 is 1.32 bits per heavy atom. The Morgan fingerprint density at radius 2 is 0.953 bits per heavy atom. The second-order valence-electron chi connectivity index (χ2n) is 29.7. The molecule has 6 aliphatic rings. The molecule has 688 valence electrons. The summed E-state index contributed by atoms with van der Waals surface area (Å²) in [6.45, 7) is 9.88. The molecule has 0 radical (unpaired) electrons. The molecular weight excluding hydrogens is 1950 g/mol. The number of nitrogens with zero attached hydrogens (tertiary/aromatic N) is 6. The first-order chi connectivity index (χ1) is 60.2. The Balaban J connectivity index is 0.000000203. The number of alkyl halides is 1. The fourth-order valence-corrected chi connectivity index (χ4v) is 17.9. The smallest absolute Gasteiger partial charge is 0.410 e. The van der Waals surface area contributed by atoms with Gasteiger partial charge in [0, 0.05) is 75.6 Å². The van der Waals surface area contributed by atoms with Crippen LogP contribution >= 0.6 is 162 Å². The van der Waals surface area contributed by atoms with E-state index in [2.05, 4.69) is 25.8 Å². The largest absolute Gasteiger partial charge is 0.497 e. The highest BCUT2D eigenvalue weighted by atomic mass is 35.5. The van der Waals surface area contributed by atoms with Gasteiger partial charge in [-0.15, -0.1) is 11.6 Å². The second-order valence-corrected chi connectivity index (χ2v) is 35.2. The predicted octanol–water partition coefficient (Wildman–Crippen LogP) is 27.7. The number of carbonyl (C=O) groups excluding carboxylic acids is 5. The van der Waals surface area contributed by atoms with E-state index in [1.54, 1.807) is 98.8 Å². The van der Waals surface area contributed by atoms with E-state index in [0.29, 0.717) is 188 Å². The van der Waals surface area contributed by atoms with Gasteiger partial charge in [0.15, 0.2) is 17.2 Å². The second kappa shape index (κ2) is 50.8. The number of piperidine rings is 1. The summed E-state index contributed by atoms with van der Waals surface area (Å²) >= 11 is 84.1. The first-order valence-electron chi connectivity index (χ1n) is 39.1. The summed E-state index contributed by atoms with van der Waals surface area (Å²) in [5, 5.41) is 58.7. The Bertz CT molecular complexity index is 5320. The van der Waals surface area contributed by atoms with E-state index in [4.69, 9.17) is 210 Å². The molecule has 23 nitrogen and oxygen atoms in total. The number of esters is 1. The number of halogens is 14. The summed E-state index contributed by atoms with van der Waals surface area (Å²) < 4.78 is 42.1. The van der Waals surface area contributed by atoms with E-state index in [9.17, 15) is 34.2 Å². The SMILES string of the molecule is C.CC(=O)CC(=O)C1CC1.CCOC(=O)c1c(-c2c(Cl)cc(OC)cc2Cl)noc1C1CC1.COc1cc(Cl)c(-c2noc(C3CC3)c2CCl)c(Cl)c1.COc1cc(Cl)c(-c2noc(C3CC3)c2CO)c(Cl)c1.Cc1cc(Cl)c(/C(Cl)=N/O)c(Cl)c1.Cc1cc(Cl)c(/C=N/O)c(Cl)c1.Cc1cc(Cl)c(C=O)c(Cl)c1.O=C(OCc1ccccc1)N1C[C@@H]2C[C@H]1C[C@H]2O.[CH3-]. The van der Waals surface area contributed by atoms with Gasteiger partial charge in [0.05, 0.1) is 131 Å². The first kappa shape index (κ1) is 107. The summed E-state index contributed by atoms with van der Waals surface area (Å²) in [5.41, 5.74) is 10.0. The van der Waals surface area contributed by atoms with Crippen LogP contribution in [-0.4, -0.2) is 129 Å². The molecule has 1 saturated heterocycles. The first-order valence-corrected chi connectivity index (χ1v) is 44.6. The van der Waals surface area contributed by atoms with Crippen molar-refractivity contribution in [1.29, 1.82) is 0 Å². The molecule has 0 spiro atoms. The Kier molecular flexibility index (Phi) is 42.5. The van der Waals surface area contributed by atoms with E-state index in [1.807, 2.05) is 51.1 Å². The molecule has 3 aromatic heterocycles. The van der Waals surface area contributed by atoms with Crippen molar-refractivity contribution in [2.24, 2.45) is 22.1 Å². The van der Waals surface area contributed by atoms with Crippen LogP contribution < -0.4 is 14.2 Å². The standard InChI is InChI=1S/C16H15Cl2NO4.C14H12Cl3NO2.C14H13Cl2NO3.C14H17NO3.C8H6Cl3NO.C8H7Cl2NO.C8H6Cl2O.C7H10O2.CH4.CH3/c1-3-22-16(20)13-14(19-23-15(13)8-4-5-8)12-10(17)6-9(21-2)7-11(12)18;1-19-8-4-10(16)12(11(17)5-8)13-9(6-15)14(20-18-13)7-2-3-7;1-19-8-4-10(15)12(11(16)5-8)13-9(6-18)14(20-17-13)7-2-3-7;16-13-7-12-6-11(13)8-15(12)14(17)18-9-10-4-2-1-3-5-10;1-4-2-5(9)7(6(10)3-4)8(11)12-13;1-5-2-7(9)6(4-11-12)8(10)3-5;1-5-2-7(9)6(4-11)8(10)3-5;1-5(8)4-7(9)6-2-3-6;;/h6-8H,3-5H2,1-2H3;4-5,7H,2-3,6H2,1H3;4-5,7,18H,2-3,6H2,1H3;1-5,11-13,16H,6-9H2;2-3,13H,1H3;2-4,12H,1H3;2-4H,1H3;6H,2-4H2,1H3;1H4;1H3/q;;;;;;;;;-1/b;;;;12-8-;11-4+;;;;/t;;;11-,12-,13+;;;;;;/m...0....../s1. The van der Waals surface area contributed by atoms with E-state index in [0.717, 1.165) is 97.1 Å². The number of benzene rings is 7. The summed E-state index contributed by atoms with van der Waals surface area (Å²) in [7, 11) is 4.63. The van der Waals surface area contributed by atoms with Crippen LogP contribution in [0.2, 0.25) is 60.3 Å². The number of ether oxygens (including phenoxy) is 5. The average molecular weight is 2040 g/mol. The number of oxime groups is 2. The molecule has 2 bridgehead atoms. The number of aryl methyl sites for hydroxylation is 3. The monoisotopic (exact) mass is 2030 g/mol. The maximum atomic E-state index is 12.4. The molecule has 3 atom stereocenters. The molecule has 1 aliphatic heterocycles. The number of fused-ring (bicyclic) bond motifs is 2. The van der Waals surface area contributed by atoms with Crippen molar-refractivity contribution < 1.29 is 81.9 Å². The number of amides is 1. The third-order valence-corrected chi connectivity index (χ3v) is 24.2. The van der Waals surface area contributed by atoms with E-state index in [-0.39, 0.29) is 87.2 Å². The van der Waals surface area contributed by atoms with Crippen LogP contribution in [-0.2, 0) is 38.2 Å². The number of likely N-dealkylation sites (tertiary alicyclic amines) is 1. The maximum Gasteiger partial charge on any atom is 0.410 e. The van der Waals surface area contributed by atoms with Gasteiger partial charge in [0.25, 0.3) is 0 Å². The van der Waals surface area contributed by atoms with Crippen molar-refractivity contribution in [2.45, 2.75) is 162 Å². The van der Waals surface area contributed by atoms with Crippen molar-refractivity contribution in [2.75, 3.05) is 34.5 Å². The molecule has 4 heterocycles. The zero-order valence-corrected chi connectivity index (χ0v) is 80.5. The highest BCUT2D eigenvalue weighted by Gasteiger charge is 2.47. The molecular formula is C91H93Cl14N6O17-. The third-order valence-electron chi connectivity index (χ3n) is 20.1. The van der Waals surface area contributed by atoms with Crippen LogP contribution in [0.1, 0.15) is 192 Å². The number of aliphatic hydroxyl groups excluding tert-OH is 2. The average Bonchev–Trinajstić information content (AvgIpc) is 1.62. The number of rotatable bonds is 21. The van der Waals surface area contributed by atoms with Gasteiger partial charge in [-0.2, -0.15) is 0 Å². The summed E-state index contributed by atoms with van der Waals surface area (Å²) in [6.07, 6.45) is 11.5. The van der Waals surface area contributed by atoms with Crippen LogP contribution in [0.3, 0.4) is 0 Å². The van der Waals surface area contributed by atoms with Gasteiger partial charge in [-0.05, 0) is 194 Å². The number of hydrogen-bond acceptors (Lipinski definition) is 22. The van der Waals surface area contributed by atoms with Crippen molar-refractivity contribution in [3.8, 4) is 51.0 Å². The van der Waals surface area contributed by atoms with Crippen LogP contribution in [0, 0.1) is 40.0 Å². The summed E-state index contributed by atoms with van der Waals surface area (Å²) in [5.74, 6) is 5.29. The number of carbonyl (C=O) groups is 5. The number of hydrogen-bond donors (Lipinski definition) is 4. The molecule has 0 unspecified atom stereocenters. The van der Waals surface area contributed by atoms with Gasteiger partial charge in [-0.3, -0.25) is 14.4 Å². The number of aromatic nitrogens is 3. The van der Waals surface area contributed by atoms with Crippen molar-refractivity contribution in [1.82, 2.24) is 20.4 Å². The lowest BCUT2D eigenvalue weighted by Gasteiger charge is -2.28. The zero-order chi connectivity index (χ0) is 92.1. The van der Waals surface area contributed by atoms with E-state index in [1.165, 1.54) is 20.2 Å². The van der Waals surface area contributed by atoms with E-state index < -0.39 is 5.97 Å². The van der Waals surface area contributed by atoms with Crippen molar-refractivity contribution in [3.63, 3.8) is 0 Å². The molecule has 16 rings (SSSR count). The topological polar surface area (TPSA) is 318 Å². The molecule has 37 heteroatoms. The molecule has 7 aromatic carbocycles. The number of ketones is 2. The zero-order valence-electron chi connectivity index (χ0n) is 69.9. The summed E-state index contributed by atoms with van der Waals surface area (Å²) in [6, 6.07) is 30.1. The van der Waals surface area contributed by atoms with E-state index >= 15 is 0 Å². The molecule has 6 fully saturated rings. The number of Topliss-reactive ketones (excluding diaryl/α,β-unsaturated/α-hetero) is 2. The van der Waals surface area contributed by atoms with Crippen LogP contribution in [0.25, 0.3) is 33.8 Å². The fourth-order valence-electron chi connectivity index (χ4n) is 13.2. The highest BCUT2D eigenvalue weighted by molar-refractivity contribution is 6.71. The minimum atomic E-state index is -0.478. The Labute approximate surface area is 812 Å². The predicted molar refractivity (Wildman–Crippen MR) is 507 cm³/mol. The van der Waals surface area contributed by atoms with Crippen molar-refractivity contribution in [3.05, 3.63) is 244 Å². The van der Waals surface area contributed by atoms with Gasteiger partial charge in [0.1, 0.15) is 69.6 Å².